The van der Waals surface area contributed by atoms with Crippen molar-refractivity contribution in [1.29, 1.82) is 0 Å². The number of nitrogens with zero attached hydrogens (tertiary/aromatic N) is 2. The van der Waals surface area contributed by atoms with E-state index in [-0.39, 0.29) is 0 Å². The first-order valence-electron chi connectivity index (χ1n) is 10.6. The molecule has 0 bridgehead atoms. The Morgan fingerprint density at radius 3 is 2.08 bits per heavy atom. The second-order valence-electron chi connectivity index (χ2n) is 7.12. The Labute approximate surface area is 151 Å². The van der Waals surface area contributed by atoms with Crippen molar-refractivity contribution in [2.45, 2.75) is 96.8 Å². The molecule has 1 radical (unpaired) electrons. The van der Waals surface area contributed by atoms with Crippen LogP contribution in [0.4, 0.5) is 0 Å². The van der Waals surface area contributed by atoms with Gasteiger partial charge in [-0.1, -0.05) is 70.4 Å². The minimum Gasteiger partial charge on any atom is -0.359 e. The summed E-state index contributed by atoms with van der Waals surface area (Å²) in [6.45, 7) is 9.21. The lowest BCUT2D eigenvalue weighted by atomic mass is 10.1. The lowest BCUT2D eigenvalue weighted by molar-refractivity contribution is 0.490. The maximum absolute atomic E-state index is 4.58. The van der Waals surface area contributed by atoms with E-state index < -0.39 is 0 Å². The molecule has 2 heteroatoms. The van der Waals surface area contributed by atoms with E-state index in [0.717, 1.165) is 26.1 Å². The number of allylic oxidation sites excluding steroid dienone is 2. The molecule has 1 aliphatic rings. The van der Waals surface area contributed by atoms with Crippen LogP contribution in [-0.2, 0) is 0 Å². The van der Waals surface area contributed by atoms with Crippen molar-refractivity contribution in [2.75, 3.05) is 19.6 Å². The van der Waals surface area contributed by atoms with Gasteiger partial charge in [-0.15, -0.1) is 0 Å². The molecule has 139 valence electrons. The van der Waals surface area contributed by atoms with Crippen molar-refractivity contribution >= 4 is 5.84 Å². The van der Waals surface area contributed by atoms with Gasteiger partial charge in [0.25, 0.3) is 0 Å². The summed E-state index contributed by atoms with van der Waals surface area (Å²) < 4.78 is 0. The van der Waals surface area contributed by atoms with Crippen LogP contribution in [0.25, 0.3) is 0 Å². The van der Waals surface area contributed by atoms with Gasteiger partial charge < -0.3 is 4.90 Å². The molecule has 0 aromatic heterocycles. The second-order valence-corrected chi connectivity index (χ2v) is 7.12. The summed E-state index contributed by atoms with van der Waals surface area (Å²) in [7, 11) is 0. The highest BCUT2D eigenvalue weighted by atomic mass is 15.2. The first kappa shape index (κ1) is 21.3. The molecule has 0 amide bonds. The molecule has 0 aromatic carbocycles. The zero-order chi connectivity index (χ0) is 17.3. The molecule has 1 rings (SSSR count). The van der Waals surface area contributed by atoms with E-state index in [1.807, 2.05) is 0 Å². The first-order valence-corrected chi connectivity index (χ1v) is 10.6. The van der Waals surface area contributed by atoms with Crippen LogP contribution in [0.1, 0.15) is 96.8 Å². The summed E-state index contributed by atoms with van der Waals surface area (Å²) in [4.78, 5) is 6.91. The van der Waals surface area contributed by atoms with E-state index >= 15 is 0 Å². The quantitative estimate of drug-likeness (QED) is 0.230. The van der Waals surface area contributed by atoms with Gasteiger partial charge in [0.05, 0.1) is 12.4 Å². The van der Waals surface area contributed by atoms with Gasteiger partial charge in [0, 0.05) is 19.5 Å². The minimum atomic E-state index is 0.879. The molecular weight excluding hydrogens is 292 g/mol. The van der Waals surface area contributed by atoms with Crippen LogP contribution in [0.15, 0.2) is 17.1 Å². The molecule has 0 spiro atoms. The Balaban J connectivity index is 1.79. The van der Waals surface area contributed by atoms with Crippen molar-refractivity contribution < 1.29 is 0 Å². The topological polar surface area (TPSA) is 15.6 Å². The average Bonchev–Trinajstić information content (AvgIpc) is 3.06. The normalized spacial score (nSPS) is 14.8. The number of unbranched alkanes of at least 4 members (excludes halogenated alkanes) is 11. The highest BCUT2D eigenvalue weighted by molar-refractivity contribution is 5.83. The monoisotopic (exact) mass is 333 g/mol. The van der Waals surface area contributed by atoms with Crippen LogP contribution >= 0.6 is 0 Å². The lowest BCUT2D eigenvalue weighted by Crippen LogP contribution is -2.27. The third-order valence-corrected chi connectivity index (χ3v) is 4.96. The molecule has 0 fully saturated rings. The van der Waals surface area contributed by atoms with Crippen LogP contribution in [0.3, 0.4) is 0 Å². The summed E-state index contributed by atoms with van der Waals surface area (Å²) in [6.07, 6.45) is 23.7. The molecule has 0 saturated carbocycles. The third-order valence-electron chi connectivity index (χ3n) is 4.96. The maximum atomic E-state index is 4.58. The SMILES string of the molecule is [CH2]CN1CCN=C1CCCCCCC/C=C/CCCCCCCC. The van der Waals surface area contributed by atoms with Gasteiger partial charge in [-0.25, -0.2) is 0 Å². The van der Waals surface area contributed by atoms with Crippen molar-refractivity contribution in [1.82, 2.24) is 4.90 Å². The van der Waals surface area contributed by atoms with Gasteiger partial charge in [0.15, 0.2) is 0 Å². The fourth-order valence-electron chi connectivity index (χ4n) is 3.36. The summed E-state index contributed by atoms with van der Waals surface area (Å²) >= 11 is 0. The third kappa shape index (κ3) is 10.9. The van der Waals surface area contributed by atoms with E-state index in [0.29, 0.717) is 0 Å². The fraction of sp³-hybridized carbons (Fsp3) is 0.818. The Morgan fingerprint density at radius 2 is 1.46 bits per heavy atom. The maximum Gasteiger partial charge on any atom is 0.0990 e. The molecule has 0 aromatic rings. The molecular formula is C22H41N2. The molecule has 0 aliphatic carbocycles. The van der Waals surface area contributed by atoms with Crippen LogP contribution in [-0.4, -0.2) is 30.4 Å². The smallest absolute Gasteiger partial charge is 0.0990 e. The van der Waals surface area contributed by atoms with Gasteiger partial charge in [0.2, 0.25) is 0 Å². The van der Waals surface area contributed by atoms with Gasteiger partial charge in [0.1, 0.15) is 0 Å². The van der Waals surface area contributed by atoms with E-state index in [4.69, 9.17) is 0 Å². The molecule has 2 nitrogen and oxygen atoms in total. The molecule has 1 heterocycles. The van der Waals surface area contributed by atoms with E-state index in [1.54, 1.807) is 0 Å². The van der Waals surface area contributed by atoms with E-state index in [2.05, 4.69) is 35.9 Å². The summed E-state index contributed by atoms with van der Waals surface area (Å²) in [5.74, 6) is 1.31. The van der Waals surface area contributed by atoms with Gasteiger partial charge in [-0.05, 0) is 39.0 Å². The molecule has 0 N–H and O–H groups in total. The molecule has 0 saturated heterocycles. The van der Waals surface area contributed by atoms with Crippen LogP contribution in [0.5, 0.6) is 0 Å². The summed E-state index contributed by atoms with van der Waals surface area (Å²) in [5.41, 5.74) is 0. The number of hydrogen-bond donors (Lipinski definition) is 0. The van der Waals surface area contributed by atoms with Crippen molar-refractivity contribution in [2.24, 2.45) is 4.99 Å². The Morgan fingerprint density at radius 1 is 0.875 bits per heavy atom. The first-order chi connectivity index (χ1) is 11.9. The van der Waals surface area contributed by atoms with Gasteiger partial charge >= 0.3 is 0 Å². The van der Waals surface area contributed by atoms with Crippen molar-refractivity contribution in [3.8, 4) is 0 Å². The van der Waals surface area contributed by atoms with Crippen molar-refractivity contribution in [3.05, 3.63) is 19.1 Å². The standard InChI is InChI=1S/C22H41N2/c1-3-5-6-7-8-9-10-11-12-13-14-15-16-17-18-19-22-23-20-21-24(22)4-2/h11-12H,2-10,13-21H2,1H3/b12-11+. The minimum absolute atomic E-state index is 0.879. The van der Waals surface area contributed by atoms with Gasteiger partial charge in [-0.3, -0.25) is 4.99 Å². The largest absolute Gasteiger partial charge is 0.359 e. The Bertz CT molecular complexity index is 333. The second kappa shape index (κ2) is 15.7. The zero-order valence-corrected chi connectivity index (χ0v) is 16.3. The molecule has 0 atom stereocenters. The van der Waals surface area contributed by atoms with E-state index in [1.165, 1.54) is 89.3 Å². The highest BCUT2D eigenvalue weighted by Crippen LogP contribution is 2.12. The summed E-state index contributed by atoms with van der Waals surface area (Å²) in [5, 5.41) is 0. The molecule has 1 aliphatic heterocycles. The van der Waals surface area contributed by atoms with Crippen LogP contribution in [0.2, 0.25) is 0 Å². The number of hydrogen-bond acceptors (Lipinski definition) is 2. The Hall–Kier alpha value is -0.790. The van der Waals surface area contributed by atoms with Gasteiger partial charge in [-0.2, -0.15) is 0 Å². The Kier molecular flexibility index (Phi) is 13.9. The van der Waals surface area contributed by atoms with Crippen LogP contribution < -0.4 is 0 Å². The number of amidine groups is 1. The number of aliphatic imine (C=N–C) groups is 1. The van der Waals surface area contributed by atoms with E-state index in [9.17, 15) is 0 Å². The van der Waals surface area contributed by atoms with Crippen LogP contribution in [0, 0.1) is 6.92 Å². The predicted octanol–water partition coefficient (Wildman–Crippen LogP) is 6.57. The average molecular weight is 334 g/mol. The van der Waals surface area contributed by atoms with Crippen molar-refractivity contribution in [3.63, 3.8) is 0 Å². The molecule has 0 unspecified atom stereocenters. The lowest BCUT2D eigenvalue weighted by Gasteiger charge is -2.17. The fourth-order valence-corrected chi connectivity index (χ4v) is 3.36. The summed E-state index contributed by atoms with van der Waals surface area (Å²) in [6, 6.07) is 0. The highest BCUT2D eigenvalue weighted by Gasteiger charge is 2.13. The predicted molar refractivity (Wildman–Crippen MR) is 109 cm³/mol. The molecule has 24 heavy (non-hydrogen) atoms. The number of rotatable bonds is 16. The zero-order valence-electron chi connectivity index (χ0n) is 16.3.